The third kappa shape index (κ3) is 4.89. The zero-order chi connectivity index (χ0) is 26.7. The van der Waals surface area contributed by atoms with Crippen LogP contribution in [0.3, 0.4) is 0 Å². The second-order valence-electron chi connectivity index (χ2n) is 8.98. The molecule has 0 radical (unpaired) electrons. The summed E-state index contributed by atoms with van der Waals surface area (Å²) < 4.78 is 16.3. The molecule has 7 nitrogen and oxygen atoms in total. The van der Waals surface area contributed by atoms with E-state index in [1.54, 1.807) is 42.5 Å². The lowest BCUT2D eigenvalue weighted by atomic mass is 9.94. The number of hydrogen-bond acceptors (Lipinski definition) is 6. The maximum absolute atomic E-state index is 13.5. The van der Waals surface area contributed by atoms with E-state index >= 15 is 0 Å². The minimum Gasteiger partial charge on any atom is -0.507 e. The first-order valence-electron chi connectivity index (χ1n) is 12.2. The lowest BCUT2D eigenvalue weighted by molar-refractivity contribution is -0.132. The highest BCUT2D eigenvalue weighted by atomic mass is 16.5. The molecule has 0 aromatic heterocycles. The molecule has 37 heavy (non-hydrogen) atoms. The van der Waals surface area contributed by atoms with Gasteiger partial charge < -0.3 is 19.3 Å². The number of carbonyl (C=O) groups excluding carboxylic acids is 2. The van der Waals surface area contributed by atoms with Gasteiger partial charge in [0.2, 0.25) is 0 Å². The van der Waals surface area contributed by atoms with E-state index in [-0.39, 0.29) is 16.9 Å². The molecule has 1 saturated heterocycles. The van der Waals surface area contributed by atoms with Crippen LogP contribution in [0.4, 0.5) is 5.69 Å². The zero-order valence-electron chi connectivity index (χ0n) is 21.6. The first-order chi connectivity index (χ1) is 17.8. The third-order valence-electron chi connectivity index (χ3n) is 6.45. The van der Waals surface area contributed by atoms with Gasteiger partial charge in [-0.3, -0.25) is 14.5 Å². The maximum Gasteiger partial charge on any atom is 0.300 e. The Balaban J connectivity index is 1.93. The highest BCUT2D eigenvalue weighted by molar-refractivity contribution is 6.51. The average molecular weight is 502 g/mol. The molecule has 1 heterocycles. The summed E-state index contributed by atoms with van der Waals surface area (Å²) >= 11 is 0. The van der Waals surface area contributed by atoms with E-state index in [1.165, 1.54) is 19.1 Å². The fourth-order valence-electron chi connectivity index (χ4n) is 4.49. The van der Waals surface area contributed by atoms with Crippen LogP contribution in [0.2, 0.25) is 0 Å². The number of ketones is 1. The molecule has 0 spiro atoms. The van der Waals surface area contributed by atoms with Crippen LogP contribution in [0, 0.1) is 0 Å². The van der Waals surface area contributed by atoms with Crippen LogP contribution in [-0.4, -0.2) is 37.6 Å². The number of rotatable bonds is 8. The van der Waals surface area contributed by atoms with Crippen LogP contribution < -0.4 is 19.1 Å². The topological polar surface area (TPSA) is 85.3 Å². The van der Waals surface area contributed by atoms with Crippen LogP contribution in [0.5, 0.6) is 17.2 Å². The van der Waals surface area contributed by atoms with Gasteiger partial charge in [-0.15, -0.1) is 0 Å². The highest BCUT2D eigenvalue weighted by Gasteiger charge is 2.47. The Hall–Kier alpha value is -4.26. The predicted molar refractivity (Wildman–Crippen MR) is 142 cm³/mol. The van der Waals surface area contributed by atoms with Crippen molar-refractivity contribution in [1.29, 1.82) is 0 Å². The monoisotopic (exact) mass is 501 g/mol. The van der Waals surface area contributed by atoms with Gasteiger partial charge >= 0.3 is 0 Å². The minimum atomic E-state index is -0.864. The molecule has 7 heteroatoms. The van der Waals surface area contributed by atoms with Crippen LogP contribution in [0.15, 0.2) is 72.3 Å². The molecule has 1 atom stereocenters. The second kappa shape index (κ2) is 10.8. The highest BCUT2D eigenvalue weighted by Crippen LogP contribution is 2.44. The molecule has 1 aliphatic heterocycles. The van der Waals surface area contributed by atoms with Crippen LogP contribution in [0.1, 0.15) is 49.4 Å². The molecule has 1 unspecified atom stereocenters. The van der Waals surface area contributed by atoms with Gasteiger partial charge in [-0.05, 0) is 66.4 Å². The SMILES string of the molecule is CCOc1ccc(C2/C(=C(\O)c3cc(OC)ccc3OC)C(=O)C(=O)N2c2ccc(C(C)C)cc2)cc1. The van der Waals surface area contributed by atoms with Crippen molar-refractivity contribution in [2.45, 2.75) is 32.7 Å². The molecular weight excluding hydrogens is 470 g/mol. The molecular formula is C30H31NO6. The summed E-state index contributed by atoms with van der Waals surface area (Å²) in [6.07, 6.45) is 0. The van der Waals surface area contributed by atoms with Crippen LogP contribution >= 0.6 is 0 Å². The number of hydrogen-bond donors (Lipinski definition) is 1. The molecule has 1 N–H and O–H groups in total. The molecule has 4 rings (SSSR count). The van der Waals surface area contributed by atoms with Crippen molar-refractivity contribution in [2.75, 3.05) is 25.7 Å². The lowest BCUT2D eigenvalue weighted by Gasteiger charge is -2.26. The number of aliphatic hydroxyl groups excluding tert-OH is 1. The van der Waals surface area contributed by atoms with Gasteiger partial charge in [-0.25, -0.2) is 0 Å². The minimum absolute atomic E-state index is 0.0337. The number of benzene rings is 3. The van der Waals surface area contributed by atoms with Gasteiger partial charge in [0.15, 0.2) is 0 Å². The molecule has 1 aliphatic rings. The van der Waals surface area contributed by atoms with Crippen molar-refractivity contribution in [1.82, 2.24) is 0 Å². The van der Waals surface area contributed by atoms with E-state index in [2.05, 4.69) is 13.8 Å². The van der Waals surface area contributed by atoms with E-state index in [9.17, 15) is 14.7 Å². The molecule has 0 bridgehead atoms. The Labute approximate surface area is 216 Å². The molecule has 3 aromatic rings. The van der Waals surface area contributed by atoms with Gasteiger partial charge in [0.05, 0.1) is 38.0 Å². The molecule has 1 fully saturated rings. The quantitative estimate of drug-likeness (QED) is 0.237. The van der Waals surface area contributed by atoms with E-state index in [0.717, 1.165) is 5.56 Å². The summed E-state index contributed by atoms with van der Waals surface area (Å²) in [5.41, 5.74) is 2.54. The second-order valence-corrected chi connectivity index (χ2v) is 8.98. The number of nitrogens with zero attached hydrogens (tertiary/aromatic N) is 1. The van der Waals surface area contributed by atoms with Crippen molar-refractivity contribution >= 4 is 23.1 Å². The Morgan fingerprint density at radius 1 is 0.919 bits per heavy atom. The molecule has 3 aromatic carbocycles. The summed E-state index contributed by atoms with van der Waals surface area (Å²) in [5.74, 6) is -0.0522. The fourth-order valence-corrected chi connectivity index (χ4v) is 4.49. The van der Waals surface area contributed by atoms with Gasteiger partial charge in [-0.2, -0.15) is 0 Å². The standard InChI is InChI=1S/C30H31NO6/c1-6-37-22-13-9-20(10-14-22)27-26(28(32)24-17-23(35-4)15-16-25(24)36-5)29(33)30(34)31(27)21-11-7-19(8-12-21)18(2)3/h7-18,27,32H,6H2,1-5H3/b28-26+. The number of carbonyl (C=O) groups is 2. The summed E-state index contributed by atoms with van der Waals surface area (Å²) in [6.45, 7) is 6.58. The largest absolute Gasteiger partial charge is 0.507 e. The number of methoxy groups -OCH3 is 2. The van der Waals surface area contributed by atoms with Crippen molar-refractivity contribution in [3.05, 3.63) is 89.0 Å². The summed E-state index contributed by atoms with van der Waals surface area (Å²) in [6, 6.07) is 18.8. The molecule has 1 amide bonds. The summed E-state index contributed by atoms with van der Waals surface area (Å²) in [7, 11) is 2.97. The zero-order valence-corrected chi connectivity index (χ0v) is 21.6. The van der Waals surface area contributed by atoms with Crippen LogP contribution in [-0.2, 0) is 9.59 Å². The third-order valence-corrected chi connectivity index (χ3v) is 6.45. The number of anilines is 1. The van der Waals surface area contributed by atoms with Gasteiger partial charge in [0.25, 0.3) is 11.7 Å². The average Bonchev–Trinajstić information content (AvgIpc) is 3.18. The number of aliphatic hydroxyl groups is 1. The van der Waals surface area contributed by atoms with Crippen molar-refractivity contribution in [3.63, 3.8) is 0 Å². The normalized spacial score (nSPS) is 16.8. The van der Waals surface area contributed by atoms with E-state index in [4.69, 9.17) is 14.2 Å². The van der Waals surface area contributed by atoms with Crippen molar-refractivity contribution in [2.24, 2.45) is 0 Å². The Bertz CT molecular complexity index is 1330. The number of ether oxygens (including phenoxy) is 3. The Morgan fingerprint density at radius 2 is 1.57 bits per heavy atom. The number of amides is 1. The first-order valence-corrected chi connectivity index (χ1v) is 12.2. The lowest BCUT2D eigenvalue weighted by Crippen LogP contribution is -2.29. The molecule has 0 aliphatic carbocycles. The molecule has 0 saturated carbocycles. The molecule has 192 valence electrons. The predicted octanol–water partition coefficient (Wildman–Crippen LogP) is 5.85. The Morgan fingerprint density at radius 3 is 2.14 bits per heavy atom. The van der Waals surface area contributed by atoms with E-state index < -0.39 is 17.7 Å². The summed E-state index contributed by atoms with van der Waals surface area (Å²) in [5, 5.41) is 11.5. The van der Waals surface area contributed by atoms with E-state index in [1.807, 2.05) is 31.2 Å². The number of Topliss-reactive ketones (excluding diaryl/α,β-unsaturated/α-hetero) is 1. The van der Waals surface area contributed by atoms with Gasteiger partial charge in [0.1, 0.15) is 23.0 Å². The van der Waals surface area contributed by atoms with E-state index in [0.29, 0.717) is 41.0 Å². The smallest absolute Gasteiger partial charge is 0.300 e. The fraction of sp³-hybridized carbons (Fsp3) is 0.267. The Kier molecular flexibility index (Phi) is 7.53. The first kappa shape index (κ1) is 25.8. The maximum atomic E-state index is 13.5. The van der Waals surface area contributed by atoms with Crippen LogP contribution in [0.25, 0.3) is 5.76 Å². The van der Waals surface area contributed by atoms with Crippen molar-refractivity contribution < 1.29 is 28.9 Å². The van der Waals surface area contributed by atoms with Gasteiger partial charge in [0, 0.05) is 5.69 Å². The summed E-state index contributed by atoms with van der Waals surface area (Å²) in [4.78, 5) is 28.4. The van der Waals surface area contributed by atoms with Crippen molar-refractivity contribution in [3.8, 4) is 17.2 Å². The van der Waals surface area contributed by atoms with Gasteiger partial charge in [-0.1, -0.05) is 38.1 Å².